The number of rotatable bonds is 2. The fourth-order valence-corrected chi connectivity index (χ4v) is 1.58. The van der Waals surface area contributed by atoms with E-state index in [-0.39, 0.29) is 0 Å². The summed E-state index contributed by atoms with van der Waals surface area (Å²) in [6.45, 7) is 5.89. The molecule has 0 aliphatic heterocycles. The van der Waals surface area contributed by atoms with E-state index in [2.05, 4.69) is 15.1 Å². The molecule has 0 aliphatic rings. The van der Waals surface area contributed by atoms with Crippen molar-refractivity contribution >= 4 is 5.82 Å². The van der Waals surface area contributed by atoms with Gasteiger partial charge in [0.1, 0.15) is 5.82 Å². The lowest BCUT2D eigenvalue weighted by molar-refractivity contribution is 0.781. The van der Waals surface area contributed by atoms with Crippen LogP contribution in [0.25, 0.3) is 5.95 Å². The second-order valence-corrected chi connectivity index (χ2v) is 3.78. The third kappa shape index (κ3) is 1.88. The first-order valence-corrected chi connectivity index (χ1v) is 5.27. The van der Waals surface area contributed by atoms with Gasteiger partial charge >= 0.3 is 0 Å². The highest BCUT2D eigenvalue weighted by atomic mass is 15.4. The van der Waals surface area contributed by atoms with Gasteiger partial charge in [-0.1, -0.05) is 6.92 Å². The lowest BCUT2D eigenvalue weighted by Gasteiger charge is -2.04. The summed E-state index contributed by atoms with van der Waals surface area (Å²) in [5, 5.41) is 4.35. The number of hydrogen-bond acceptors (Lipinski definition) is 4. The van der Waals surface area contributed by atoms with Crippen molar-refractivity contribution in [3.8, 4) is 5.95 Å². The maximum absolute atomic E-state index is 5.87. The molecule has 2 rings (SSSR count). The highest BCUT2D eigenvalue weighted by Crippen LogP contribution is 2.12. The zero-order valence-corrected chi connectivity index (χ0v) is 9.73. The maximum Gasteiger partial charge on any atom is 0.252 e. The molecule has 2 heterocycles. The van der Waals surface area contributed by atoms with E-state index in [9.17, 15) is 0 Å². The normalized spacial score (nSPS) is 10.7. The van der Waals surface area contributed by atoms with Crippen LogP contribution >= 0.6 is 0 Å². The first-order valence-electron chi connectivity index (χ1n) is 5.27. The Morgan fingerprint density at radius 2 is 1.81 bits per heavy atom. The van der Waals surface area contributed by atoms with Crippen LogP contribution in [-0.2, 0) is 6.42 Å². The maximum atomic E-state index is 5.87. The summed E-state index contributed by atoms with van der Waals surface area (Å²) in [7, 11) is 0. The van der Waals surface area contributed by atoms with Crippen LogP contribution < -0.4 is 5.73 Å². The highest BCUT2D eigenvalue weighted by molar-refractivity contribution is 5.37. The van der Waals surface area contributed by atoms with Crippen molar-refractivity contribution in [1.82, 2.24) is 19.7 Å². The minimum absolute atomic E-state index is 0.537. The van der Waals surface area contributed by atoms with Crippen LogP contribution in [0, 0.1) is 13.8 Å². The highest BCUT2D eigenvalue weighted by Gasteiger charge is 2.09. The predicted molar refractivity (Wildman–Crippen MR) is 62.4 cm³/mol. The van der Waals surface area contributed by atoms with Gasteiger partial charge in [0.05, 0.1) is 5.69 Å². The first kappa shape index (κ1) is 10.6. The van der Waals surface area contributed by atoms with Crippen molar-refractivity contribution in [1.29, 1.82) is 0 Å². The molecule has 84 valence electrons. The van der Waals surface area contributed by atoms with E-state index in [0.717, 1.165) is 23.5 Å². The Kier molecular flexibility index (Phi) is 2.60. The lowest BCUT2D eigenvalue weighted by Crippen LogP contribution is -2.08. The summed E-state index contributed by atoms with van der Waals surface area (Å²) >= 11 is 0. The van der Waals surface area contributed by atoms with E-state index in [4.69, 9.17) is 5.73 Å². The van der Waals surface area contributed by atoms with E-state index in [0.29, 0.717) is 11.8 Å². The Bertz CT molecular complexity index is 495. The van der Waals surface area contributed by atoms with E-state index < -0.39 is 0 Å². The van der Waals surface area contributed by atoms with Crippen LogP contribution in [0.15, 0.2) is 12.1 Å². The van der Waals surface area contributed by atoms with Crippen LogP contribution in [0.2, 0.25) is 0 Å². The summed E-state index contributed by atoms with van der Waals surface area (Å²) < 4.78 is 1.58. The standard InChI is InChI=1S/C11H15N5/c1-4-9-6-10(12)16(15-9)11-13-7(2)5-8(3)14-11/h5-6H,4,12H2,1-3H3. The summed E-state index contributed by atoms with van der Waals surface area (Å²) in [5.41, 5.74) is 8.64. The summed E-state index contributed by atoms with van der Waals surface area (Å²) in [4.78, 5) is 8.64. The summed E-state index contributed by atoms with van der Waals surface area (Å²) in [5.74, 6) is 1.11. The van der Waals surface area contributed by atoms with Gasteiger partial charge in [-0.3, -0.25) is 0 Å². The van der Waals surface area contributed by atoms with Gasteiger partial charge in [0.15, 0.2) is 0 Å². The zero-order chi connectivity index (χ0) is 11.7. The van der Waals surface area contributed by atoms with E-state index in [1.54, 1.807) is 4.68 Å². The Balaban J connectivity index is 2.53. The number of nitrogen functional groups attached to an aromatic ring is 1. The van der Waals surface area contributed by atoms with Gasteiger partial charge in [-0.15, -0.1) is 0 Å². The average molecular weight is 217 g/mol. The SMILES string of the molecule is CCc1cc(N)n(-c2nc(C)cc(C)n2)n1. The molecule has 0 saturated carbocycles. The molecule has 2 aromatic heterocycles. The summed E-state index contributed by atoms with van der Waals surface area (Å²) in [6, 6.07) is 3.77. The minimum atomic E-state index is 0.537. The molecule has 0 unspecified atom stereocenters. The molecule has 16 heavy (non-hydrogen) atoms. The third-order valence-corrected chi connectivity index (χ3v) is 2.31. The number of nitrogens with two attached hydrogens (primary N) is 1. The lowest BCUT2D eigenvalue weighted by atomic mass is 10.3. The van der Waals surface area contributed by atoms with Crippen LogP contribution in [0.1, 0.15) is 24.0 Å². The molecule has 0 fully saturated rings. The van der Waals surface area contributed by atoms with E-state index in [1.807, 2.05) is 32.9 Å². The molecule has 0 radical (unpaired) electrons. The summed E-state index contributed by atoms with van der Waals surface area (Å²) in [6.07, 6.45) is 0.849. The molecule has 0 aliphatic carbocycles. The van der Waals surface area contributed by atoms with Gasteiger partial charge < -0.3 is 5.73 Å². The van der Waals surface area contributed by atoms with Crippen LogP contribution in [0.5, 0.6) is 0 Å². The first-order chi connectivity index (χ1) is 7.60. The second kappa shape index (κ2) is 3.92. The number of aromatic nitrogens is 4. The van der Waals surface area contributed by atoms with Crippen molar-refractivity contribution in [3.63, 3.8) is 0 Å². The van der Waals surface area contributed by atoms with Crippen LogP contribution in [0.4, 0.5) is 5.82 Å². The molecular formula is C11H15N5. The molecule has 2 N–H and O–H groups in total. The molecule has 0 saturated heterocycles. The Hall–Kier alpha value is -1.91. The van der Waals surface area contributed by atoms with Crippen LogP contribution in [-0.4, -0.2) is 19.7 Å². The number of nitrogens with zero attached hydrogens (tertiary/aromatic N) is 4. The fourth-order valence-electron chi connectivity index (χ4n) is 1.58. The fraction of sp³-hybridized carbons (Fsp3) is 0.364. The average Bonchev–Trinajstić information content (AvgIpc) is 2.58. The molecule has 0 amide bonds. The number of hydrogen-bond donors (Lipinski definition) is 1. The molecule has 2 aromatic rings. The Morgan fingerprint density at radius 1 is 1.19 bits per heavy atom. The molecule has 0 atom stereocenters. The number of anilines is 1. The molecule has 0 bridgehead atoms. The van der Waals surface area contributed by atoms with Gasteiger partial charge in [-0.2, -0.15) is 9.78 Å². The van der Waals surface area contributed by atoms with Gasteiger partial charge in [0.2, 0.25) is 0 Å². The van der Waals surface area contributed by atoms with E-state index in [1.165, 1.54) is 0 Å². The van der Waals surface area contributed by atoms with Gasteiger partial charge in [0.25, 0.3) is 5.95 Å². The minimum Gasteiger partial charge on any atom is -0.383 e. The van der Waals surface area contributed by atoms with Crippen molar-refractivity contribution in [2.45, 2.75) is 27.2 Å². The second-order valence-electron chi connectivity index (χ2n) is 3.78. The molecule has 0 spiro atoms. The van der Waals surface area contributed by atoms with Gasteiger partial charge in [-0.25, -0.2) is 9.97 Å². The van der Waals surface area contributed by atoms with Crippen molar-refractivity contribution < 1.29 is 0 Å². The zero-order valence-electron chi connectivity index (χ0n) is 9.73. The van der Waals surface area contributed by atoms with Crippen molar-refractivity contribution in [2.75, 3.05) is 5.73 Å². The number of aryl methyl sites for hydroxylation is 3. The molecule has 5 heteroatoms. The van der Waals surface area contributed by atoms with E-state index >= 15 is 0 Å². The quantitative estimate of drug-likeness (QED) is 0.826. The Labute approximate surface area is 94.3 Å². The largest absolute Gasteiger partial charge is 0.383 e. The van der Waals surface area contributed by atoms with Gasteiger partial charge in [-0.05, 0) is 26.3 Å². The van der Waals surface area contributed by atoms with Gasteiger partial charge in [0, 0.05) is 17.5 Å². The molecular weight excluding hydrogens is 202 g/mol. The Morgan fingerprint density at radius 3 is 2.31 bits per heavy atom. The predicted octanol–water partition coefficient (Wildman–Crippen LogP) is 1.42. The molecule has 0 aromatic carbocycles. The monoisotopic (exact) mass is 217 g/mol. The molecule has 5 nitrogen and oxygen atoms in total. The third-order valence-electron chi connectivity index (χ3n) is 2.31. The van der Waals surface area contributed by atoms with Crippen LogP contribution in [0.3, 0.4) is 0 Å². The topological polar surface area (TPSA) is 69.6 Å². The smallest absolute Gasteiger partial charge is 0.252 e. The van der Waals surface area contributed by atoms with Crippen molar-refractivity contribution in [3.05, 3.63) is 29.2 Å². The van der Waals surface area contributed by atoms with Crippen molar-refractivity contribution in [2.24, 2.45) is 0 Å².